The molecule has 1 aliphatic rings. The van der Waals surface area contributed by atoms with Crippen molar-refractivity contribution in [1.29, 1.82) is 0 Å². The second-order valence-electron chi connectivity index (χ2n) is 7.24. The first-order valence-corrected chi connectivity index (χ1v) is 11.1. The molecule has 2 N–H and O–H groups in total. The van der Waals surface area contributed by atoms with Crippen molar-refractivity contribution in [1.82, 2.24) is 0 Å². The molecule has 3 heteroatoms. The van der Waals surface area contributed by atoms with Gasteiger partial charge in [0.2, 0.25) is 0 Å². The number of nitrogens with two attached hydrogens (primary N) is 1. The van der Waals surface area contributed by atoms with Crippen molar-refractivity contribution >= 4 is 8.32 Å². The Balaban J connectivity index is 0.00000106. The Hall–Kier alpha value is -0.643. The Morgan fingerprint density at radius 3 is 2.33 bits per heavy atom. The molecule has 0 saturated carbocycles. The lowest BCUT2D eigenvalue weighted by molar-refractivity contribution is 0.253. The van der Waals surface area contributed by atoms with Gasteiger partial charge in [0.1, 0.15) is 0 Å². The van der Waals surface area contributed by atoms with Crippen molar-refractivity contribution in [2.24, 2.45) is 5.73 Å². The second kappa shape index (κ2) is 7.08. The summed E-state index contributed by atoms with van der Waals surface area (Å²) in [6.07, 6.45) is 0.988. The maximum Gasteiger partial charge on any atom is 0.192 e. The number of hydrogen-bond donors (Lipinski definition) is 1. The molecule has 2 atom stereocenters. The normalized spacial score (nSPS) is 21.5. The molecule has 0 radical (unpaired) electrons. The zero-order valence-corrected chi connectivity index (χ0v) is 15.9. The Kier molecular flexibility index (Phi) is 6.20. The van der Waals surface area contributed by atoms with E-state index >= 15 is 0 Å². The molecule has 0 spiro atoms. The third-order valence-electron chi connectivity index (χ3n) is 4.86. The summed E-state index contributed by atoms with van der Waals surface area (Å²) in [5.41, 5.74) is 9.10. The Labute approximate surface area is 132 Å². The highest BCUT2D eigenvalue weighted by Gasteiger charge is 2.39. The van der Waals surface area contributed by atoms with E-state index in [0.717, 1.165) is 13.0 Å². The van der Waals surface area contributed by atoms with Gasteiger partial charge in [-0.05, 0) is 35.7 Å². The van der Waals surface area contributed by atoms with Crippen LogP contribution in [0.4, 0.5) is 0 Å². The SMILES string of the molecule is CC.CC(C)(C)[Si](C)(C)OCC1c2ccccc2CC1N. The highest BCUT2D eigenvalue weighted by atomic mass is 28.4. The molecule has 1 aromatic carbocycles. The highest BCUT2D eigenvalue weighted by molar-refractivity contribution is 6.74. The molecule has 2 nitrogen and oxygen atoms in total. The predicted octanol–water partition coefficient (Wildman–Crippen LogP) is 4.70. The molecule has 2 rings (SSSR count). The minimum absolute atomic E-state index is 0.210. The summed E-state index contributed by atoms with van der Waals surface area (Å²) in [4.78, 5) is 0. The number of rotatable bonds is 3. The zero-order chi connectivity index (χ0) is 16.3. The van der Waals surface area contributed by atoms with Gasteiger partial charge in [-0.15, -0.1) is 0 Å². The smallest absolute Gasteiger partial charge is 0.192 e. The molecular weight excluding hydrogens is 274 g/mol. The molecule has 0 saturated heterocycles. The van der Waals surface area contributed by atoms with Crippen molar-refractivity contribution in [3.05, 3.63) is 35.4 Å². The van der Waals surface area contributed by atoms with Gasteiger partial charge in [0, 0.05) is 18.6 Å². The fourth-order valence-electron chi connectivity index (χ4n) is 2.44. The molecule has 21 heavy (non-hydrogen) atoms. The molecule has 0 bridgehead atoms. The van der Waals surface area contributed by atoms with Gasteiger partial charge in [0.05, 0.1) is 0 Å². The van der Waals surface area contributed by atoms with Crippen LogP contribution in [-0.4, -0.2) is 21.0 Å². The third-order valence-corrected chi connectivity index (χ3v) is 9.36. The molecular formula is C18H33NOSi. The summed E-state index contributed by atoms with van der Waals surface area (Å²) < 4.78 is 6.36. The summed E-state index contributed by atoms with van der Waals surface area (Å²) in [5, 5.41) is 0.259. The van der Waals surface area contributed by atoms with Crippen molar-refractivity contribution in [2.45, 2.75) is 71.1 Å². The predicted molar refractivity (Wildman–Crippen MR) is 95.4 cm³/mol. The third kappa shape index (κ3) is 4.18. The van der Waals surface area contributed by atoms with Gasteiger partial charge in [-0.25, -0.2) is 0 Å². The maximum atomic E-state index is 6.36. The summed E-state index contributed by atoms with van der Waals surface area (Å²) in [7, 11) is -1.68. The van der Waals surface area contributed by atoms with Gasteiger partial charge in [-0.2, -0.15) is 0 Å². The maximum absolute atomic E-state index is 6.36. The van der Waals surface area contributed by atoms with Gasteiger partial charge in [-0.1, -0.05) is 58.9 Å². The van der Waals surface area contributed by atoms with Crippen molar-refractivity contribution in [3.63, 3.8) is 0 Å². The van der Waals surface area contributed by atoms with Crippen LogP contribution in [0.15, 0.2) is 24.3 Å². The van der Waals surface area contributed by atoms with Gasteiger partial charge < -0.3 is 10.2 Å². The first kappa shape index (κ1) is 18.4. The van der Waals surface area contributed by atoms with E-state index in [2.05, 4.69) is 58.1 Å². The Morgan fingerprint density at radius 2 is 1.76 bits per heavy atom. The van der Waals surface area contributed by atoms with E-state index in [0.29, 0.717) is 5.92 Å². The number of hydrogen-bond acceptors (Lipinski definition) is 2. The van der Waals surface area contributed by atoms with E-state index in [9.17, 15) is 0 Å². The molecule has 2 unspecified atom stereocenters. The van der Waals surface area contributed by atoms with E-state index in [4.69, 9.17) is 10.2 Å². The Morgan fingerprint density at radius 1 is 1.19 bits per heavy atom. The molecule has 0 amide bonds. The lowest BCUT2D eigenvalue weighted by atomic mass is 10.0. The summed E-state index contributed by atoms with van der Waals surface area (Å²) in [6.45, 7) is 16.2. The molecule has 0 fully saturated rings. The minimum Gasteiger partial charge on any atom is -0.416 e. The van der Waals surface area contributed by atoms with Crippen LogP contribution in [-0.2, 0) is 10.8 Å². The largest absolute Gasteiger partial charge is 0.416 e. The lowest BCUT2D eigenvalue weighted by Crippen LogP contribution is -2.43. The van der Waals surface area contributed by atoms with Crippen LogP contribution in [0, 0.1) is 0 Å². The van der Waals surface area contributed by atoms with Crippen molar-refractivity contribution in [3.8, 4) is 0 Å². The van der Waals surface area contributed by atoms with E-state index in [1.807, 2.05) is 13.8 Å². The summed E-state index contributed by atoms with van der Waals surface area (Å²) in [5.74, 6) is 0.366. The van der Waals surface area contributed by atoms with Gasteiger partial charge in [-0.3, -0.25) is 0 Å². The standard InChI is InChI=1S/C16H27NOSi.C2H6/c1-16(2,3)19(4,5)18-11-14-13-9-7-6-8-12(13)10-15(14)17;1-2/h6-9,14-15H,10-11,17H2,1-5H3;1-2H3. The van der Waals surface area contributed by atoms with Crippen LogP contribution in [0.2, 0.25) is 18.1 Å². The van der Waals surface area contributed by atoms with E-state index in [1.165, 1.54) is 11.1 Å². The topological polar surface area (TPSA) is 35.2 Å². The molecule has 1 aliphatic carbocycles. The fraction of sp³-hybridized carbons (Fsp3) is 0.667. The van der Waals surface area contributed by atoms with Crippen LogP contribution in [0.1, 0.15) is 51.7 Å². The molecule has 0 aromatic heterocycles. The Bertz CT molecular complexity index is 451. The van der Waals surface area contributed by atoms with E-state index in [1.54, 1.807) is 0 Å². The first-order chi connectivity index (χ1) is 9.72. The quantitative estimate of drug-likeness (QED) is 0.821. The lowest BCUT2D eigenvalue weighted by Gasteiger charge is -2.37. The van der Waals surface area contributed by atoms with Crippen molar-refractivity contribution in [2.75, 3.05) is 6.61 Å². The van der Waals surface area contributed by atoms with Gasteiger partial charge >= 0.3 is 0 Å². The minimum atomic E-state index is -1.68. The highest BCUT2D eigenvalue weighted by Crippen LogP contribution is 2.39. The second-order valence-corrected chi connectivity index (χ2v) is 12.1. The fourth-order valence-corrected chi connectivity index (χ4v) is 3.47. The average Bonchev–Trinajstić information content (AvgIpc) is 2.73. The van der Waals surface area contributed by atoms with Crippen molar-refractivity contribution < 1.29 is 4.43 Å². The molecule has 120 valence electrons. The van der Waals surface area contributed by atoms with Crippen LogP contribution < -0.4 is 5.73 Å². The molecule has 0 aliphatic heterocycles. The number of benzene rings is 1. The van der Waals surface area contributed by atoms with E-state index < -0.39 is 8.32 Å². The zero-order valence-electron chi connectivity index (χ0n) is 14.9. The molecule has 1 aromatic rings. The van der Waals surface area contributed by atoms with Crippen LogP contribution in [0.5, 0.6) is 0 Å². The first-order valence-electron chi connectivity index (χ1n) is 8.20. The monoisotopic (exact) mass is 307 g/mol. The average molecular weight is 308 g/mol. The number of fused-ring (bicyclic) bond motifs is 1. The van der Waals surface area contributed by atoms with Gasteiger partial charge in [0.15, 0.2) is 8.32 Å². The van der Waals surface area contributed by atoms with Crippen LogP contribution in [0.3, 0.4) is 0 Å². The summed E-state index contributed by atoms with van der Waals surface area (Å²) in [6, 6.07) is 8.82. The molecule has 0 heterocycles. The van der Waals surface area contributed by atoms with Crippen LogP contribution >= 0.6 is 0 Å². The van der Waals surface area contributed by atoms with Crippen LogP contribution in [0.25, 0.3) is 0 Å². The van der Waals surface area contributed by atoms with E-state index in [-0.39, 0.29) is 11.1 Å². The van der Waals surface area contributed by atoms with Gasteiger partial charge in [0.25, 0.3) is 0 Å². The summed E-state index contributed by atoms with van der Waals surface area (Å²) >= 11 is 0.